The number of hydrogen-bond acceptors (Lipinski definition) is 2. The highest BCUT2D eigenvalue weighted by molar-refractivity contribution is 5.98. The zero-order valence-corrected chi connectivity index (χ0v) is 33.9. The van der Waals surface area contributed by atoms with E-state index in [1.807, 2.05) is 0 Å². The second-order valence-electron chi connectivity index (χ2n) is 16.0. The predicted octanol–water partition coefficient (Wildman–Crippen LogP) is 16.8. The van der Waals surface area contributed by atoms with Gasteiger partial charge >= 0.3 is 0 Å². The molecule has 0 heterocycles. The van der Waals surface area contributed by atoms with Crippen LogP contribution in [0.15, 0.2) is 224 Å². The van der Waals surface area contributed by atoms with Crippen molar-refractivity contribution in [1.82, 2.24) is 0 Å². The SMILES string of the molecule is c1ccc(-c2ccc(N(c3ccc(-c4ccccc4)cc3)c3cccc(N(c4ccc(C5CCCCC5)cc4)c4cc5ccccc5cc4-c4ccccc4)c3)cc2)cc1. The van der Waals surface area contributed by atoms with Gasteiger partial charge < -0.3 is 9.80 Å². The van der Waals surface area contributed by atoms with Crippen molar-refractivity contribution in [3.05, 3.63) is 230 Å². The molecule has 0 amide bonds. The molecule has 1 saturated carbocycles. The van der Waals surface area contributed by atoms with E-state index in [-0.39, 0.29) is 0 Å². The number of nitrogens with zero attached hydrogens (tertiary/aromatic N) is 2. The standard InChI is InChI=1S/C58H48N2/c1-5-16-43(17-6-1)46-28-34-52(35-29-46)59(53-36-30-47(31-37-53)44-18-7-2-8-19-44)55-26-15-27-56(42-55)60(54-38-32-48(33-39-54)45-20-9-3-10-21-45)58-41-51-25-14-13-24-50(51)40-57(58)49-22-11-4-12-23-49/h1-2,4-8,11-19,22-42,45H,3,9-10,20-21H2. The van der Waals surface area contributed by atoms with Gasteiger partial charge in [0.1, 0.15) is 0 Å². The molecule has 0 unspecified atom stereocenters. The predicted molar refractivity (Wildman–Crippen MR) is 255 cm³/mol. The van der Waals surface area contributed by atoms with E-state index in [4.69, 9.17) is 0 Å². The molecule has 0 radical (unpaired) electrons. The Hall–Kier alpha value is -7.16. The largest absolute Gasteiger partial charge is 0.310 e. The Kier molecular flexibility index (Phi) is 10.5. The lowest BCUT2D eigenvalue weighted by molar-refractivity contribution is 0.443. The Balaban J connectivity index is 1.13. The normalized spacial score (nSPS) is 12.9. The summed E-state index contributed by atoms with van der Waals surface area (Å²) in [4.78, 5) is 4.86. The second kappa shape index (κ2) is 17.0. The van der Waals surface area contributed by atoms with Gasteiger partial charge in [-0.25, -0.2) is 0 Å². The maximum Gasteiger partial charge on any atom is 0.0546 e. The Bertz CT molecular complexity index is 2720. The first-order valence-electron chi connectivity index (χ1n) is 21.4. The van der Waals surface area contributed by atoms with Crippen molar-refractivity contribution in [2.75, 3.05) is 9.80 Å². The van der Waals surface area contributed by atoms with Crippen LogP contribution in [0.3, 0.4) is 0 Å². The molecule has 2 nitrogen and oxygen atoms in total. The minimum Gasteiger partial charge on any atom is -0.310 e. The molecular formula is C58H48N2. The lowest BCUT2D eigenvalue weighted by Gasteiger charge is -2.31. The van der Waals surface area contributed by atoms with Crippen LogP contribution in [-0.4, -0.2) is 0 Å². The summed E-state index contributed by atoms with van der Waals surface area (Å²) < 4.78 is 0. The van der Waals surface area contributed by atoms with Crippen LogP contribution in [0.25, 0.3) is 44.2 Å². The summed E-state index contributed by atoms with van der Waals surface area (Å²) in [6, 6.07) is 82.0. The van der Waals surface area contributed by atoms with Crippen LogP contribution in [0.4, 0.5) is 34.1 Å². The van der Waals surface area contributed by atoms with Crippen molar-refractivity contribution in [3.63, 3.8) is 0 Å². The summed E-state index contributed by atoms with van der Waals surface area (Å²) in [7, 11) is 0. The van der Waals surface area contributed by atoms with Gasteiger partial charge in [-0.05, 0) is 130 Å². The molecule has 9 aromatic carbocycles. The average molecular weight is 773 g/mol. The highest BCUT2D eigenvalue weighted by Gasteiger charge is 2.22. The molecule has 0 N–H and O–H groups in total. The van der Waals surface area contributed by atoms with Crippen LogP contribution in [0.2, 0.25) is 0 Å². The van der Waals surface area contributed by atoms with Gasteiger partial charge in [0.05, 0.1) is 5.69 Å². The van der Waals surface area contributed by atoms with Crippen molar-refractivity contribution in [2.24, 2.45) is 0 Å². The van der Waals surface area contributed by atoms with E-state index in [2.05, 4.69) is 234 Å². The molecule has 1 aliphatic rings. The molecule has 0 atom stereocenters. The van der Waals surface area contributed by atoms with Crippen molar-refractivity contribution >= 4 is 44.9 Å². The molecular weight excluding hydrogens is 725 g/mol. The molecule has 60 heavy (non-hydrogen) atoms. The summed E-state index contributed by atoms with van der Waals surface area (Å²) in [5, 5.41) is 2.44. The van der Waals surface area contributed by atoms with Gasteiger partial charge in [0, 0.05) is 34.0 Å². The second-order valence-corrected chi connectivity index (χ2v) is 16.0. The van der Waals surface area contributed by atoms with E-state index < -0.39 is 0 Å². The van der Waals surface area contributed by atoms with E-state index in [1.54, 1.807) is 0 Å². The van der Waals surface area contributed by atoms with Gasteiger partial charge in [0.15, 0.2) is 0 Å². The fourth-order valence-corrected chi connectivity index (χ4v) is 9.11. The van der Waals surface area contributed by atoms with E-state index >= 15 is 0 Å². The van der Waals surface area contributed by atoms with E-state index in [9.17, 15) is 0 Å². The van der Waals surface area contributed by atoms with Crippen LogP contribution in [-0.2, 0) is 0 Å². The van der Waals surface area contributed by atoms with E-state index in [0.717, 1.165) is 34.1 Å². The van der Waals surface area contributed by atoms with E-state index in [1.165, 1.54) is 81.8 Å². The number of fused-ring (bicyclic) bond motifs is 1. The minimum atomic E-state index is 0.639. The fourth-order valence-electron chi connectivity index (χ4n) is 9.11. The van der Waals surface area contributed by atoms with Crippen molar-refractivity contribution in [3.8, 4) is 33.4 Å². The Labute approximate surface area is 354 Å². The third-order valence-electron chi connectivity index (χ3n) is 12.2. The van der Waals surface area contributed by atoms with Gasteiger partial charge in [0.2, 0.25) is 0 Å². The average Bonchev–Trinajstić information content (AvgIpc) is 3.33. The van der Waals surface area contributed by atoms with Gasteiger partial charge in [-0.1, -0.05) is 177 Å². The molecule has 0 aliphatic heterocycles. The van der Waals surface area contributed by atoms with Crippen LogP contribution < -0.4 is 9.80 Å². The minimum absolute atomic E-state index is 0.639. The topological polar surface area (TPSA) is 6.48 Å². The van der Waals surface area contributed by atoms with Crippen LogP contribution in [0.5, 0.6) is 0 Å². The molecule has 0 aromatic heterocycles. The molecule has 0 spiro atoms. The Morgan fingerprint density at radius 2 is 0.733 bits per heavy atom. The quantitative estimate of drug-likeness (QED) is 0.137. The highest BCUT2D eigenvalue weighted by atomic mass is 15.2. The lowest BCUT2D eigenvalue weighted by Crippen LogP contribution is -2.14. The highest BCUT2D eigenvalue weighted by Crippen LogP contribution is 2.46. The summed E-state index contributed by atoms with van der Waals surface area (Å²) in [5.74, 6) is 0.639. The van der Waals surface area contributed by atoms with Gasteiger partial charge in [-0.15, -0.1) is 0 Å². The summed E-state index contributed by atoms with van der Waals surface area (Å²) >= 11 is 0. The van der Waals surface area contributed by atoms with Crippen LogP contribution in [0.1, 0.15) is 43.6 Å². The molecule has 10 rings (SSSR count). The molecule has 290 valence electrons. The number of anilines is 6. The molecule has 0 bridgehead atoms. The van der Waals surface area contributed by atoms with Crippen molar-refractivity contribution in [1.29, 1.82) is 0 Å². The smallest absolute Gasteiger partial charge is 0.0546 e. The van der Waals surface area contributed by atoms with Crippen LogP contribution in [0, 0.1) is 0 Å². The molecule has 0 saturated heterocycles. The molecule has 1 fully saturated rings. The summed E-state index contributed by atoms with van der Waals surface area (Å²) in [6.07, 6.45) is 6.56. The molecule has 2 heteroatoms. The Morgan fingerprint density at radius 3 is 1.28 bits per heavy atom. The third kappa shape index (κ3) is 7.73. The van der Waals surface area contributed by atoms with Crippen molar-refractivity contribution < 1.29 is 0 Å². The first kappa shape index (κ1) is 37.1. The van der Waals surface area contributed by atoms with Gasteiger partial charge in [-0.2, -0.15) is 0 Å². The Morgan fingerprint density at radius 1 is 0.300 bits per heavy atom. The van der Waals surface area contributed by atoms with Crippen LogP contribution >= 0.6 is 0 Å². The maximum absolute atomic E-state index is 2.47. The zero-order chi connectivity index (χ0) is 40.1. The number of hydrogen-bond donors (Lipinski definition) is 0. The number of benzene rings is 9. The van der Waals surface area contributed by atoms with E-state index in [0.29, 0.717) is 5.92 Å². The first-order chi connectivity index (χ1) is 29.7. The maximum atomic E-state index is 2.47. The zero-order valence-electron chi connectivity index (χ0n) is 33.9. The lowest BCUT2D eigenvalue weighted by atomic mass is 9.84. The van der Waals surface area contributed by atoms with Gasteiger partial charge in [0.25, 0.3) is 0 Å². The van der Waals surface area contributed by atoms with Crippen molar-refractivity contribution in [2.45, 2.75) is 38.0 Å². The number of rotatable bonds is 10. The first-order valence-corrected chi connectivity index (χ1v) is 21.4. The van der Waals surface area contributed by atoms with Gasteiger partial charge in [-0.3, -0.25) is 0 Å². The fraction of sp³-hybridized carbons (Fsp3) is 0.103. The molecule has 9 aromatic rings. The summed E-state index contributed by atoms with van der Waals surface area (Å²) in [6.45, 7) is 0. The third-order valence-corrected chi connectivity index (χ3v) is 12.2. The summed E-state index contributed by atoms with van der Waals surface area (Å²) in [5.41, 5.74) is 15.3. The molecule has 1 aliphatic carbocycles. The monoisotopic (exact) mass is 772 g/mol.